The summed E-state index contributed by atoms with van der Waals surface area (Å²) >= 11 is 5.51. The fourth-order valence-electron chi connectivity index (χ4n) is 3.51. The maximum atomic E-state index is 13.3. The summed E-state index contributed by atoms with van der Waals surface area (Å²) in [5, 5.41) is 3.67. The van der Waals surface area contributed by atoms with Crippen molar-refractivity contribution in [3.05, 3.63) is 78.1 Å². The summed E-state index contributed by atoms with van der Waals surface area (Å²) < 4.78 is 24.5. The number of ether oxygens (including phenoxy) is 1. The van der Waals surface area contributed by atoms with Gasteiger partial charge in [-0.25, -0.2) is 4.39 Å². The van der Waals surface area contributed by atoms with E-state index < -0.39 is 6.04 Å². The Hall–Kier alpha value is -3.26. The molecule has 1 aliphatic heterocycles. The Labute approximate surface area is 178 Å². The van der Waals surface area contributed by atoms with E-state index >= 15 is 0 Å². The number of nitrogens with zero attached hydrogens (tertiary/aromatic N) is 2. The molecule has 0 spiro atoms. The molecule has 1 fully saturated rings. The van der Waals surface area contributed by atoms with Crippen LogP contribution in [0.4, 0.5) is 4.39 Å². The largest absolute Gasteiger partial charge is 0.465 e. The van der Waals surface area contributed by atoms with E-state index in [0.29, 0.717) is 16.6 Å². The highest BCUT2D eigenvalue weighted by Crippen LogP contribution is 2.40. The Balaban J connectivity index is 1.70. The number of hydrogen-bond acceptors (Lipinski definition) is 5. The molecule has 0 radical (unpaired) electrons. The van der Waals surface area contributed by atoms with Gasteiger partial charge >= 0.3 is 5.97 Å². The van der Waals surface area contributed by atoms with Crippen LogP contribution in [0.5, 0.6) is 0 Å². The number of hydrogen-bond donors (Lipinski definition) is 1. The van der Waals surface area contributed by atoms with Crippen LogP contribution in [-0.4, -0.2) is 34.1 Å². The van der Waals surface area contributed by atoms with E-state index in [1.807, 2.05) is 30.3 Å². The number of carbonyl (C=O) groups excluding carboxylic acids is 1. The number of thiocarbonyl (C=S) groups is 1. The monoisotopic (exact) mass is 425 g/mol. The lowest BCUT2D eigenvalue weighted by atomic mass is 10.0. The van der Waals surface area contributed by atoms with Crippen LogP contribution in [0.25, 0.3) is 11.3 Å². The highest BCUT2D eigenvalue weighted by molar-refractivity contribution is 7.80. The first kappa shape index (κ1) is 20.0. The molecule has 1 saturated heterocycles. The molecule has 1 N–H and O–H groups in total. The van der Waals surface area contributed by atoms with E-state index in [0.717, 1.165) is 11.3 Å². The number of aromatic nitrogens is 1. The number of nitrogens with one attached hydrogen (secondary N) is 1. The highest BCUT2D eigenvalue weighted by Gasteiger charge is 2.42. The maximum absolute atomic E-state index is 13.3. The molecule has 30 heavy (non-hydrogen) atoms. The predicted octanol–water partition coefficient (Wildman–Crippen LogP) is 4.02. The van der Waals surface area contributed by atoms with Gasteiger partial charge in [0.1, 0.15) is 29.9 Å². The minimum Gasteiger partial charge on any atom is -0.465 e. The summed E-state index contributed by atoms with van der Waals surface area (Å²) in [5.74, 6) is 0.519. The second-order valence-electron chi connectivity index (χ2n) is 6.77. The number of benzene rings is 1. The van der Waals surface area contributed by atoms with Gasteiger partial charge in [-0.05, 0) is 67.7 Å². The van der Waals surface area contributed by atoms with Crippen molar-refractivity contribution >= 4 is 23.3 Å². The molecular formula is C22H20FN3O3S. The van der Waals surface area contributed by atoms with Crippen molar-refractivity contribution in [1.82, 2.24) is 15.2 Å². The van der Waals surface area contributed by atoms with Gasteiger partial charge in [0.05, 0.1) is 18.3 Å². The number of esters is 1. The summed E-state index contributed by atoms with van der Waals surface area (Å²) in [6, 6.07) is 14.7. The Morgan fingerprint density at radius 1 is 1.23 bits per heavy atom. The standard InChI is InChI=1S/C22H20FN3O3S/c1-2-28-19(27)13-26-21(20(25-22(26)30)16-5-3-4-12-24-16)18-11-10-17(29-18)14-6-8-15(23)9-7-14/h3-12,20-21H,2,13H2,1H3,(H,25,30)/t20-,21-/m0/s1. The zero-order chi connectivity index (χ0) is 21.1. The van der Waals surface area contributed by atoms with Gasteiger partial charge in [0.2, 0.25) is 0 Å². The summed E-state index contributed by atoms with van der Waals surface area (Å²) in [6.45, 7) is 2.03. The van der Waals surface area contributed by atoms with Crippen molar-refractivity contribution in [2.24, 2.45) is 0 Å². The zero-order valence-corrected chi connectivity index (χ0v) is 17.1. The Kier molecular flexibility index (Phi) is 5.76. The molecule has 0 aliphatic carbocycles. The average molecular weight is 425 g/mol. The van der Waals surface area contributed by atoms with Crippen molar-refractivity contribution < 1.29 is 18.3 Å². The van der Waals surface area contributed by atoms with Crippen molar-refractivity contribution in [3.63, 3.8) is 0 Å². The second-order valence-corrected chi connectivity index (χ2v) is 7.16. The molecule has 2 atom stereocenters. The molecule has 3 heterocycles. The molecule has 1 aliphatic rings. The molecule has 8 heteroatoms. The topological polar surface area (TPSA) is 67.6 Å². The van der Waals surface area contributed by atoms with E-state index in [1.165, 1.54) is 12.1 Å². The van der Waals surface area contributed by atoms with Crippen molar-refractivity contribution in [1.29, 1.82) is 0 Å². The lowest BCUT2D eigenvalue weighted by Gasteiger charge is -2.25. The third kappa shape index (κ3) is 4.04. The lowest BCUT2D eigenvalue weighted by molar-refractivity contribution is -0.143. The van der Waals surface area contributed by atoms with Crippen LogP contribution < -0.4 is 5.32 Å². The first-order chi connectivity index (χ1) is 14.6. The van der Waals surface area contributed by atoms with Gasteiger partial charge in [0.25, 0.3) is 0 Å². The van der Waals surface area contributed by atoms with Crippen LogP contribution in [-0.2, 0) is 9.53 Å². The molecule has 6 nitrogen and oxygen atoms in total. The van der Waals surface area contributed by atoms with Gasteiger partial charge in [-0.1, -0.05) is 6.07 Å². The van der Waals surface area contributed by atoms with E-state index in [1.54, 1.807) is 30.2 Å². The quantitative estimate of drug-likeness (QED) is 0.473. The Morgan fingerprint density at radius 3 is 2.73 bits per heavy atom. The third-order valence-corrected chi connectivity index (χ3v) is 5.20. The first-order valence-electron chi connectivity index (χ1n) is 9.56. The molecule has 154 valence electrons. The van der Waals surface area contributed by atoms with Gasteiger partial charge in [-0.2, -0.15) is 0 Å². The van der Waals surface area contributed by atoms with Crippen molar-refractivity contribution in [2.75, 3.05) is 13.2 Å². The molecule has 0 saturated carbocycles. The van der Waals surface area contributed by atoms with Gasteiger partial charge in [0, 0.05) is 11.8 Å². The molecule has 0 unspecified atom stereocenters. The van der Waals surface area contributed by atoms with Crippen LogP contribution >= 0.6 is 12.2 Å². The molecular weight excluding hydrogens is 405 g/mol. The maximum Gasteiger partial charge on any atom is 0.325 e. The van der Waals surface area contributed by atoms with Crippen LogP contribution in [0, 0.1) is 5.82 Å². The van der Waals surface area contributed by atoms with Crippen molar-refractivity contribution in [3.8, 4) is 11.3 Å². The third-order valence-electron chi connectivity index (χ3n) is 4.85. The normalized spacial score (nSPS) is 18.3. The number of carbonyl (C=O) groups is 1. The molecule has 0 bridgehead atoms. The van der Waals surface area contributed by atoms with E-state index in [-0.39, 0.29) is 31.0 Å². The molecule has 0 amide bonds. The molecule has 2 aromatic heterocycles. The van der Waals surface area contributed by atoms with Crippen LogP contribution in [0.1, 0.15) is 30.5 Å². The van der Waals surface area contributed by atoms with E-state index in [2.05, 4.69) is 10.3 Å². The summed E-state index contributed by atoms with van der Waals surface area (Å²) in [6.07, 6.45) is 1.71. The molecule has 1 aromatic carbocycles. The Morgan fingerprint density at radius 2 is 2.03 bits per heavy atom. The number of pyridine rings is 1. The highest BCUT2D eigenvalue weighted by atomic mass is 32.1. The van der Waals surface area contributed by atoms with Gasteiger partial charge in [0.15, 0.2) is 5.11 Å². The molecule has 3 aromatic rings. The smallest absolute Gasteiger partial charge is 0.325 e. The second kappa shape index (κ2) is 8.62. The summed E-state index contributed by atoms with van der Waals surface area (Å²) in [4.78, 5) is 18.4. The fourth-order valence-corrected chi connectivity index (χ4v) is 3.82. The SMILES string of the molecule is CCOC(=O)CN1C(=S)N[C@@H](c2ccccn2)[C@@H]1c1ccc(-c2ccc(F)cc2)o1. The fraction of sp³-hybridized carbons (Fsp3) is 0.227. The van der Waals surface area contributed by atoms with Crippen LogP contribution in [0.15, 0.2) is 65.2 Å². The number of rotatable bonds is 6. The summed E-state index contributed by atoms with van der Waals surface area (Å²) in [5.41, 5.74) is 1.53. The van der Waals surface area contributed by atoms with Gasteiger partial charge < -0.3 is 19.4 Å². The minimum absolute atomic E-state index is 0.0136. The summed E-state index contributed by atoms with van der Waals surface area (Å²) in [7, 11) is 0. The van der Waals surface area contributed by atoms with Crippen LogP contribution in [0.3, 0.4) is 0 Å². The number of furan rings is 1. The van der Waals surface area contributed by atoms with Crippen molar-refractivity contribution in [2.45, 2.75) is 19.0 Å². The van der Waals surface area contributed by atoms with E-state index in [4.69, 9.17) is 21.4 Å². The average Bonchev–Trinajstić information content (AvgIpc) is 3.35. The van der Waals surface area contributed by atoms with E-state index in [9.17, 15) is 9.18 Å². The predicted molar refractivity (Wildman–Crippen MR) is 113 cm³/mol. The molecule has 4 rings (SSSR count). The number of halogens is 1. The lowest BCUT2D eigenvalue weighted by Crippen LogP contribution is -2.35. The minimum atomic E-state index is -0.397. The zero-order valence-electron chi connectivity index (χ0n) is 16.2. The Bertz CT molecular complexity index is 1040. The van der Waals surface area contributed by atoms with Gasteiger partial charge in [-0.15, -0.1) is 0 Å². The van der Waals surface area contributed by atoms with Crippen LogP contribution in [0.2, 0.25) is 0 Å². The van der Waals surface area contributed by atoms with Gasteiger partial charge in [-0.3, -0.25) is 9.78 Å². The first-order valence-corrected chi connectivity index (χ1v) is 9.97.